The number of fused-ring (bicyclic) bond motifs is 1. The Balaban J connectivity index is 2.23. The predicted molar refractivity (Wildman–Crippen MR) is 97.8 cm³/mol. The molecule has 3 nitrogen and oxygen atoms in total. The molecule has 3 heteroatoms. The minimum atomic E-state index is -0.284. The van der Waals surface area contributed by atoms with E-state index in [1.54, 1.807) is 7.11 Å². The maximum atomic E-state index is 13.2. The zero-order chi connectivity index (χ0) is 17.8. The Morgan fingerprint density at radius 3 is 2.71 bits per heavy atom. The fraction of sp³-hybridized carbons (Fsp3) is 0.857. The van der Waals surface area contributed by atoms with E-state index in [-0.39, 0.29) is 23.5 Å². The Morgan fingerprint density at radius 1 is 1.29 bits per heavy atom. The van der Waals surface area contributed by atoms with E-state index in [2.05, 4.69) is 33.8 Å². The van der Waals surface area contributed by atoms with E-state index < -0.39 is 0 Å². The summed E-state index contributed by atoms with van der Waals surface area (Å²) in [5, 5.41) is 0. The van der Waals surface area contributed by atoms with Crippen LogP contribution in [-0.2, 0) is 14.3 Å². The summed E-state index contributed by atoms with van der Waals surface area (Å²) >= 11 is 0. The van der Waals surface area contributed by atoms with Crippen LogP contribution in [0, 0.1) is 22.7 Å². The van der Waals surface area contributed by atoms with E-state index in [4.69, 9.17) is 9.47 Å². The molecule has 0 aromatic rings. The molecule has 0 aromatic heterocycles. The lowest BCUT2D eigenvalue weighted by molar-refractivity contribution is -0.168. The molecule has 4 atom stereocenters. The number of ether oxygens (including phenoxy) is 2. The molecule has 0 aromatic carbocycles. The summed E-state index contributed by atoms with van der Waals surface area (Å²) < 4.78 is 10.9. The maximum absolute atomic E-state index is 13.2. The summed E-state index contributed by atoms with van der Waals surface area (Å²) in [6, 6.07) is 0. The number of carbonyl (C=O) groups excluding carboxylic acids is 1. The zero-order valence-electron chi connectivity index (χ0n) is 16.3. The van der Waals surface area contributed by atoms with Crippen molar-refractivity contribution in [1.82, 2.24) is 0 Å². The van der Waals surface area contributed by atoms with Gasteiger partial charge < -0.3 is 9.47 Å². The van der Waals surface area contributed by atoms with E-state index in [9.17, 15) is 4.79 Å². The first-order valence-corrected chi connectivity index (χ1v) is 9.60. The van der Waals surface area contributed by atoms with Crippen LogP contribution < -0.4 is 0 Å². The first-order chi connectivity index (χ1) is 11.4. The van der Waals surface area contributed by atoms with Gasteiger partial charge >= 0.3 is 0 Å². The molecule has 0 amide bonds. The smallest absolute Gasteiger partial charge is 0.146 e. The van der Waals surface area contributed by atoms with Crippen LogP contribution in [0.4, 0.5) is 0 Å². The molecule has 138 valence electrons. The van der Waals surface area contributed by atoms with Crippen molar-refractivity contribution in [1.29, 1.82) is 0 Å². The van der Waals surface area contributed by atoms with Gasteiger partial charge in [0.1, 0.15) is 12.6 Å². The highest BCUT2D eigenvalue weighted by Crippen LogP contribution is 2.59. The van der Waals surface area contributed by atoms with Crippen molar-refractivity contribution in [3.63, 3.8) is 0 Å². The van der Waals surface area contributed by atoms with Gasteiger partial charge in [0.05, 0.1) is 12.0 Å². The second-order valence-corrected chi connectivity index (χ2v) is 8.63. The minimum Gasteiger partial charge on any atom is -0.359 e. The molecule has 0 aliphatic heterocycles. The molecule has 0 saturated heterocycles. The zero-order valence-corrected chi connectivity index (χ0v) is 16.3. The number of ketones is 1. The topological polar surface area (TPSA) is 35.5 Å². The summed E-state index contributed by atoms with van der Waals surface area (Å²) in [5.74, 6) is 1.07. The van der Waals surface area contributed by atoms with E-state index >= 15 is 0 Å². The second-order valence-electron chi connectivity index (χ2n) is 8.63. The molecular weight excluding hydrogens is 300 g/mol. The van der Waals surface area contributed by atoms with Gasteiger partial charge in [0.25, 0.3) is 0 Å². The minimum absolute atomic E-state index is 0.174. The van der Waals surface area contributed by atoms with Crippen molar-refractivity contribution in [3.05, 3.63) is 11.6 Å². The fourth-order valence-electron chi connectivity index (χ4n) is 5.32. The van der Waals surface area contributed by atoms with E-state index in [0.29, 0.717) is 18.3 Å². The van der Waals surface area contributed by atoms with Crippen LogP contribution in [-0.4, -0.2) is 26.3 Å². The lowest BCUT2D eigenvalue weighted by Gasteiger charge is -2.56. The molecule has 0 heterocycles. The first-order valence-electron chi connectivity index (χ1n) is 9.60. The largest absolute Gasteiger partial charge is 0.359 e. The second kappa shape index (κ2) is 8.14. The summed E-state index contributed by atoms with van der Waals surface area (Å²) in [4.78, 5) is 13.2. The van der Waals surface area contributed by atoms with Gasteiger partial charge in [0, 0.05) is 13.0 Å². The van der Waals surface area contributed by atoms with Crippen molar-refractivity contribution in [2.24, 2.45) is 22.7 Å². The SMILES string of the molecule is COCOC[C@]12CCC[C@@](C)(CCC=C(C)C)[C@@H]1CCC(C)C2=O. The summed E-state index contributed by atoms with van der Waals surface area (Å²) in [6.07, 6.45) is 10.2. The number of methoxy groups -OCH3 is 1. The Morgan fingerprint density at radius 2 is 2.04 bits per heavy atom. The molecule has 2 aliphatic carbocycles. The molecule has 24 heavy (non-hydrogen) atoms. The van der Waals surface area contributed by atoms with Crippen LogP contribution in [0.3, 0.4) is 0 Å². The van der Waals surface area contributed by atoms with Gasteiger partial charge in [0.15, 0.2) is 0 Å². The van der Waals surface area contributed by atoms with Crippen molar-refractivity contribution >= 4 is 5.78 Å². The molecule has 0 spiro atoms. The third-order valence-electron chi connectivity index (χ3n) is 6.53. The standard InChI is InChI=1S/C21H36O3/c1-16(2)8-6-11-20(4)12-7-13-21(14-24-15-23-5)18(20)10-9-17(3)19(21)22/h8,17-18H,6-7,9-15H2,1-5H3/t17?,18-,20+,21+/m0/s1. The first kappa shape index (κ1) is 19.7. The Bertz CT molecular complexity index is 466. The average Bonchev–Trinajstić information content (AvgIpc) is 2.52. The van der Waals surface area contributed by atoms with Gasteiger partial charge in [0.2, 0.25) is 0 Å². The highest BCUT2D eigenvalue weighted by Gasteiger charge is 2.57. The molecule has 2 fully saturated rings. The van der Waals surface area contributed by atoms with Gasteiger partial charge in [-0.05, 0) is 63.7 Å². The molecule has 2 rings (SSSR count). The van der Waals surface area contributed by atoms with Crippen LogP contribution >= 0.6 is 0 Å². The number of rotatable bonds is 7. The maximum Gasteiger partial charge on any atom is 0.146 e. The van der Waals surface area contributed by atoms with Crippen LogP contribution in [0.1, 0.15) is 72.6 Å². The molecule has 2 saturated carbocycles. The van der Waals surface area contributed by atoms with Crippen molar-refractivity contribution < 1.29 is 14.3 Å². The van der Waals surface area contributed by atoms with Crippen molar-refractivity contribution in [2.45, 2.75) is 72.6 Å². The lowest BCUT2D eigenvalue weighted by atomic mass is 9.48. The van der Waals surface area contributed by atoms with E-state index in [1.807, 2.05) is 0 Å². The van der Waals surface area contributed by atoms with Gasteiger partial charge in [-0.15, -0.1) is 0 Å². The third kappa shape index (κ3) is 3.94. The third-order valence-corrected chi connectivity index (χ3v) is 6.53. The van der Waals surface area contributed by atoms with E-state index in [0.717, 1.165) is 32.1 Å². The highest BCUT2D eigenvalue weighted by molar-refractivity contribution is 5.88. The number of hydrogen-bond acceptors (Lipinski definition) is 3. The number of hydrogen-bond donors (Lipinski definition) is 0. The van der Waals surface area contributed by atoms with E-state index in [1.165, 1.54) is 18.4 Å². The number of allylic oxidation sites excluding steroid dienone is 2. The van der Waals surface area contributed by atoms with Gasteiger partial charge in [-0.25, -0.2) is 0 Å². The average molecular weight is 337 g/mol. The fourth-order valence-corrected chi connectivity index (χ4v) is 5.32. The monoisotopic (exact) mass is 336 g/mol. The number of Topliss-reactive ketones (excluding diaryl/α,β-unsaturated/α-hetero) is 1. The predicted octanol–water partition coefficient (Wildman–Crippen LogP) is 5.15. The molecule has 0 radical (unpaired) electrons. The van der Waals surface area contributed by atoms with Gasteiger partial charge in [-0.2, -0.15) is 0 Å². The molecule has 0 N–H and O–H groups in total. The summed E-state index contributed by atoms with van der Waals surface area (Å²) in [6.45, 7) is 9.67. The highest BCUT2D eigenvalue weighted by atomic mass is 16.7. The van der Waals surface area contributed by atoms with Crippen LogP contribution in [0.15, 0.2) is 11.6 Å². The van der Waals surface area contributed by atoms with Crippen molar-refractivity contribution in [3.8, 4) is 0 Å². The van der Waals surface area contributed by atoms with Crippen LogP contribution in [0.5, 0.6) is 0 Å². The Hall–Kier alpha value is -0.670. The lowest BCUT2D eigenvalue weighted by Crippen LogP contribution is -2.56. The van der Waals surface area contributed by atoms with Crippen LogP contribution in [0.2, 0.25) is 0 Å². The van der Waals surface area contributed by atoms with Crippen molar-refractivity contribution in [2.75, 3.05) is 20.5 Å². The van der Waals surface area contributed by atoms with Gasteiger partial charge in [-0.1, -0.05) is 31.9 Å². The Kier molecular flexibility index (Phi) is 6.66. The normalized spacial score (nSPS) is 36.3. The molecule has 0 bridgehead atoms. The molecule has 1 unspecified atom stereocenters. The molecule has 2 aliphatic rings. The summed E-state index contributed by atoms with van der Waals surface area (Å²) in [7, 11) is 1.64. The van der Waals surface area contributed by atoms with Crippen LogP contribution in [0.25, 0.3) is 0 Å². The quantitative estimate of drug-likeness (QED) is 0.366. The Labute approximate surface area is 148 Å². The summed E-state index contributed by atoms with van der Waals surface area (Å²) in [5.41, 5.74) is 1.35. The number of carbonyl (C=O) groups is 1. The van der Waals surface area contributed by atoms with Gasteiger partial charge in [-0.3, -0.25) is 4.79 Å². The molecular formula is C21H36O3.